The Labute approximate surface area is 141 Å². The summed E-state index contributed by atoms with van der Waals surface area (Å²) in [6.07, 6.45) is -0.398. The number of carbonyl (C=O) groups is 2. The van der Waals surface area contributed by atoms with Crippen LogP contribution in [0.2, 0.25) is 0 Å². The number of nitrogens with one attached hydrogen (secondary N) is 1. The maximum absolute atomic E-state index is 12.1. The topological polar surface area (TPSA) is 88.4 Å². The lowest BCUT2D eigenvalue weighted by Gasteiger charge is -2.26. The van der Waals surface area contributed by atoms with E-state index in [0.29, 0.717) is 6.42 Å². The number of hydrogen-bond donors (Lipinski definition) is 1. The summed E-state index contributed by atoms with van der Waals surface area (Å²) in [5, 5.41) is 11.5. The minimum atomic E-state index is -0.544. The van der Waals surface area contributed by atoms with Crippen molar-refractivity contribution < 1.29 is 19.1 Å². The molecule has 1 heterocycles. The molecule has 0 aromatic heterocycles. The standard InChI is InChI=1S/C18H22N2O4/c1-12(2)16(15-10-14(8-9-19)17(21)24-15)20-18(22)23-11-13-6-4-3-5-7-13/h3-7,12,14-16H,8,10-11H2,1-2H3,(H,20,22)/t14-,15-,16-/m0/s1. The Bertz CT molecular complexity index is 609. The van der Waals surface area contributed by atoms with Gasteiger partial charge in [0, 0.05) is 12.8 Å². The van der Waals surface area contributed by atoms with Crippen molar-refractivity contribution >= 4 is 12.1 Å². The van der Waals surface area contributed by atoms with Gasteiger partial charge in [-0.1, -0.05) is 44.2 Å². The van der Waals surface area contributed by atoms with Crippen LogP contribution in [0, 0.1) is 23.2 Å². The van der Waals surface area contributed by atoms with E-state index in [1.54, 1.807) is 0 Å². The van der Waals surface area contributed by atoms with Crippen molar-refractivity contribution in [1.29, 1.82) is 5.26 Å². The highest BCUT2D eigenvalue weighted by atomic mass is 16.6. The van der Waals surface area contributed by atoms with E-state index < -0.39 is 18.1 Å². The molecule has 6 heteroatoms. The van der Waals surface area contributed by atoms with Gasteiger partial charge in [-0.05, 0) is 11.5 Å². The third kappa shape index (κ3) is 4.72. The Morgan fingerprint density at radius 3 is 2.75 bits per heavy atom. The van der Waals surface area contributed by atoms with Crippen molar-refractivity contribution in [3.05, 3.63) is 35.9 Å². The highest BCUT2D eigenvalue weighted by molar-refractivity contribution is 5.75. The zero-order chi connectivity index (χ0) is 17.5. The van der Waals surface area contributed by atoms with Gasteiger partial charge in [-0.3, -0.25) is 4.79 Å². The number of cyclic esters (lactones) is 1. The Kier molecular flexibility index (Phi) is 6.19. The molecule has 6 nitrogen and oxygen atoms in total. The number of nitrogens with zero attached hydrogens (tertiary/aromatic N) is 1. The van der Waals surface area contributed by atoms with E-state index in [1.165, 1.54) is 0 Å². The molecule has 1 saturated heterocycles. The minimum absolute atomic E-state index is 0.0629. The molecule has 1 aromatic rings. The van der Waals surface area contributed by atoms with Crippen LogP contribution in [0.5, 0.6) is 0 Å². The SMILES string of the molecule is CC(C)[C@H](NC(=O)OCc1ccccc1)[C@@H]1C[C@H](CC#N)C(=O)O1. The second kappa shape index (κ2) is 8.34. The first-order chi connectivity index (χ1) is 11.5. The molecule has 1 aliphatic rings. The predicted molar refractivity (Wildman–Crippen MR) is 86.6 cm³/mol. The summed E-state index contributed by atoms with van der Waals surface area (Å²) in [7, 11) is 0. The van der Waals surface area contributed by atoms with E-state index in [1.807, 2.05) is 50.2 Å². The van der Waals surface area contributed by atoms with Crippen LogP contribution in [0.4, 0.5) is 4.79 Å². The first-order valence-electron chi connectivity index (χ1n) is 8.06. The van der Waals surface area contributed by atoms with Crippen LogP contribution in [0.25, 0.3) is 0 Å². The molecule has 0 aliphatic carbocycles. The Balaban J connectivity index is 1.90. The molecule has 0 saturated carbocycles. The number of benzene rings is 1. The fourth-order valence-corrected chi connectivity index (χ4v) is 2.76. The lowest BCUT2D eigenvalue weighted by atomic mass is 9.92. The van der Waals surface area contributed by atoms with E-state index in [9.17, 15) is 9.59 Å². The predicted octanol–water partition coefficient (Wildman–Crippen LogP) is 2.78. The number of hydrogen-bond acceptors (Lipinski definition) is 5. The van der Waals surface area contributed by atoms with Crippen LogP contribution >= 0.6 is 0 Å². The maximum Gasteiger partial charge on any atom is 0.407 e. The normalized spacial score (nSPS) is 21.0. The van der Waals surface area contributed by atoms with Crippen LogP contribution < -0.4 is 5.32 Å². The Morgan fingerprint density at radius 2 is 2.12 bits per heavy atom. The minimum Gasteiger partial charge on any atom is -0.460 e. The first-order valence-corrected chi connectivity index (χ1v) is 8.06. The summed E-state index contributed by atoms with van der Waals surface area (Å²) in [6.45, 7) is 4.06. The second-order valence-electron chi connectivity index (χ2n) is 6.25. The van der Waals surface area contributed by atoms with Crippen molar-refractivity contribution in [3.63, 3.8) is 0 Å². The van der Waals surface area contributed by atoms with Crippen molar-refractivity contribution in [2.75, 3.05) is 0 Å². The molecule has 2 rings (SSSR count). The Morgan fingerprint density at radius 1 is 1.42 bits per heavy atom. The first kappa shape index (κ1) is 17.8. The monoisotopic (exact) mass is 330 g/mol. The second-order valence-corrected chi connectivity index (χ2v) is 6.25. The molecule has 0 spiro atoms. The molecule has 1 aromatic carbocycles. The summed E-state index contributed by atoms with van der Waals surface area (Å²) in [5.74, 6) is -0.719. The third-order valence-electron chi connectivity index (χ3n) is 4.07. The van der Waals surface area contributed by atoms with E-state index in [0.717, 1.165) is 5.56 Å². The maximum atomic E-state index is 12.1. The van der Waals surface area contributed by atoms with Gasteiger partial charge >= 0.3 is 12.1 Å². The molecule has 1 fully saturated rings. The molecule has 0 radical (unpaired) electrons. The number of nitriles is 1. The summed E-state index contributed by atoms with van der Waals surface area (Å²) in [4.78, 5) is 23.8. The largest absolute Gasteiger partial charge is 0.460 e. The van der Waals surface area contributed by atoms with Gasteiger partial charge in [0.2, 0.25) is 0 Å². The quantitative estimate of drug-likeness (QED) is 0.810. The molecule has 1 amide bonds. The van der Waals surface area contributed by atoms with E-state index in [4.69, 9.17) is 14.7 Å². The molecule has 1 aliphatic heterocycles. The molecule has 1 N–H and O–H groups in total. The van der Waals surface area contributed by atoms with Gasteiger partial charge in [0.15, 0.2) is 0 Å². The fourth-order valence-electron chi connectivity index (χ4n) is 2.76. The van der Waals surface area contributed by atoms with Crippen LogP contribution in [0.15, 0.2) is 30.3 Å². The average molecular weight is 330 g/mol. The molecule has 128 valence electrons. The van der Waals surface area contributed by atoms with Gasteiger partial charge in [0.05, 0.1) is 18.0 Å². The number of carbonyl (C=O) groups excluding carboxylic acids is 2. The van der Waals surface area contributed by atoms with Crippen LogP contribution in [-0.2, 0) is 20.9 Å². The van der Waals surface area contributed by atoms with Crippen molar-refractivity contribution in [1.82, 2.24) is 5.32 Å². The van der Waals surface area contributed by atoms with E-state index in [2.05, 4.69) is 5.32 Å². The van der Waals surface area contributed by atoms with Gasteiger partial charge in [0.1, 0.15) is 12.7 Å². The molecule has 0 bridgehead atoms. The summed E-state index contributed by atoms with van der Waals surface area (Å²) >= 11 is 0. The number of ether oxygens (including phenoxy) is 2. The van der Waals surface area contributed by atoms with Gasteiger partial charge in [-0.15, -0.1) is 0 Å². The number of rotatable bonds is 6. The van der Waals surface area contributed by atoms with Crippen molar-refractivity contribution in [2.24, 2.45) is 11.8 Å². The fraction of sp³-hybridized carbons (Fsp3) is 0.500. The zero-order valence-electron chi connectivity index (χ0n) is 13.9. The Hall–Kier alpha value is -2.55. The molecule has 3 atom stereocenters. The van der Waals surface area contributed by atoms with E-state index >= 15 is 0 Å². The lowest BCUT2D eigenvalue weighted by Crippen LogP contribution is -2.46. The lowest BCUT2D eigenvalue weighted by molar-refractivity contribution is -0.145. The molecule has 0 unspecified atom stereocenters. The van der Waals surface area contributed by atoms with Gasteiger partial charge < -0.3 is 14.8 Å². The highest BCUT2D eigenvalue weighted by Crippen LogP contribution is 2.28. The summed E-state index contributed by atoms with van der Waals surface area (Å²) in [5.41, 5.74) is 0.898. The van der Waals surface area contributed by atoms with Crippen LogP contribution in [-0.4, -0.2) is 24.2 Å². The number of amides is 1. The number of alkyl carbamates (subject to hydrolysis) is 1. The molecular formula is C18H22N2O4. The molecular weight excluding hydrogens is 308 g/mol. The highest BCUT2D eigenvalue weighted by Gasteiger charge is 2.40. The van der Waals surface area contributed by atoms with Gasteiger partial charge in [-0.25, -0.2) is 4.79 Å². The summed E-state index contributed by atoms with van der Waals surface area (Å²) < 4.78 is 10.6. The third-order valence-corrected chi connectivity index (χ3v) is 4.07. The summed E-state index contributed by atoms with van der Waals surface area (Å²) in [6, 6.07) is 11.0. The van der Waals surface area contributed by atoms with Crippen LogP contribution in [0.1, 0.15) is 32.3 Å². The van der Waals surface area contributed by atoms with E-state index in [-0.39, 0.29) is 31.0 Å². The average Bonchev–Trinajstić information content (AvgIpc) is 2.92. The van der Waals surface area contributed by atoms with Gasteiger partial charge in [-0.2, -0.15) is 5.26 Å². The smallest absolute Gasteiger partial charge is 0.407 e. The van der Waals surface area contributed by atoms with Crippen LogP contribution in [0.3, 0.4) is 0 Å². The van der Waals surface area contributed by atoms with Crippen molar-refractivity contribution in [3.8, 4) is 6.07 Å². The number of esters is 1. The molecule has 24 heavy (non-hydrogen) atoms. The zero-order valence-corrected chi connectivity index (χ0v) is 13.9. The van der Waals surface area contributed by atoms with Crippen molar-refractivity contribution in [2.45, 2.75) is 45.4 Å². The van der Waals surface area contributed by atoms with Gasteiger partial charge in [0.25, 0.3) is 0 Å².